The maximum Gasteiger partial charge on any atom is 0.326 e. The molecule has 0 aromatic rings. The second-order valence-corrected chi connectivity index (χ2v) is 5.71. The molecule has 6 N–H and O–H groups in total. The van der Waals surface area contributed by atoms with Crippen molar-refractivity contribution in [1.29, 1.82) is 0 Å². The summed E-state index contributed by atoms with van der Waals surface area (Å²) in [6, 6.07) is -2.31. The number of hydrogen-bond acceptors (Lipinski definition) is 5. The fraction of sp³-hybridized carbons (Fsp3) is 0.692. The van der Waals surface area contributed by atoms with Crippen LogP contribution in [0.5, 0.6) is 0 Å². The van der Waals surface area contributed by atoms with Gasteiger partial charge < -0.3 is 31.3 Å². The Balaban J connectivity index is 4.75. The van der Waals surface area contributed by atoms with Crippen LogP contribution in [-0.2, 0) is 14.4 Å². The summed E-state index contributed by atoms with van der Waals surface area (Å²) in [5, 5.41) is 34.8. The summed E-state index contributed by atoms with van der Waals surface area (Å²) in [5.41, 5.74) is 0. The number of rotatable bonds is 10. The lowest BCUT2D eigenvalue weighted by Gasteiger charge is -2.23. The lowest BCUT2D eigenvalue weighted by molar-refractivity contribution is -0.143. The van der Waals surface area contributed by atoms with Gasteiger partial charge in [0.25, 0.3) is 0 Å². The van der Waals surface area contributed by atoms with Gasteiger partial charge in [-0.05, 0) is 39.0 Å². The maximum absolute atomic E-state index is 11.2. The maximum atomic E-state index is 11.2. The van der Waals surface area contributed by atoms with Crippen molar-refractivity contribution in [1.82, 2.24) is 16.0 Å². The summed E-state index contributed by atoms with van der Waals surface area (Å²) in [4.78, 5) is 33.2. The molecule has 0 aliphatic heterocycles. The van der Waals surface area contributed by atoms with E-state index < -0.39 is 35.9 Å². The van der Waals surface area contributed by atoms with Crippen molar-refractivity contribution in [3.63, 3.8) is 0 Å². The van der Waals surface area contributed by atoms with Crippen molar-refractivity contribution >= 4 is 35.2 Å². The topological polar surface area (TPSA) is 148 Å². The van der Waals surface area contributed by atoms with Crippen LogP contribution >= 0.6 is 12.2 Å². The molecule has 0 saturated carbocycles. The van der Waals surface area contributed by atoms with Gasteiger partial charge in [0.2, 0.25) is 0 Å². The average Bonchev–Trinajstić information content (AvgIpc) is 2.44. The third kappa shape index (κ3) is 8.31. The van der Waals surface area contributed by atoms with Crippen molar-refractivity contribution in [2.24, 2.45) is 5.92 Å². The van der Waals surface area contributed by atoms with E-state index >= 15 is 0 Å². The SMILES string of the molecule is CNC(C)CC(NC(=S)NC(CC(C)C(=O)O)C(=O)O)C(=O)O. The van der Waals surface area contributed by atoms with Gasteiger partial charge in [-0.3, -0.25) is 4.79 Å². The standard InChI is InChI=1S/C13H23N3O6S/c1-6(10(17)18)4-8(11(19)20)15-13(23)16-9(12(21)22)5-7(2)14-3/h6-9,14H,4-5H2,1-3H3,(H,17,18)(H,19,20)(H,21,22)(H2,15,16,23). The van der Waals surface area contributed by atoms with E-state index in [-0.39, 0.29) is 24.0 Å². The molecule has 0 bridgehead atoms. The Kier molecular flexibility index (Phi) is 9.11. The van der Waals surface area contributed by atoms with Gasteiger partial charge in [0.15, 0.2) is 5.11 Å². The van der Waals surface area contributed by atoms with Crippen LogP contribution in [0, 0.1) is 5.92 Å². The lowest BCUT2D eigenvalue weighted by atomic mass is 10.0. The summed E-state index contributed by atoms with van der Waals surface area (Å²) in [7, 11) is 1.69. The predicted octanol–water partition coefficient (Wildman–Crippen LogP) is -0.534. The minimum Gasteiger partial charge on any atom is -0.481 e. The molecule has 0 amide bonds. The summed E-state index contributed by atoms with van der Waals surface area (Å²) < 4.78 is 0. The lowest BCUT2D eigenvalue weighted by Crippen LogP contribution is -2.52. The Bertz CT molecular complexity index is 459. The monoisotopic (exact) mass is 349 g/mol. The third-order valence-electron chi connectivity index (χ3n) is 3.30. The van der Waals surface area contributed by atoms with Crippen LogP contribution in [0.2, 0.25) is 0 Å². The molecule has 0 aromatic heterocycles. The average molecular weight is 349 g/mol. The van der Waals surface area contributed by atoms with Crippen LogP contribution in [0.15, 0.2) is 0 Å². The van der Waals surface area contributed by atoms with E-state index in [1.165, 1.54) is 6.92 Å². The molecule has 0 radical (unpaired) electrons. The Morgan fingerprint density at radius 1 is 0.913 bits per heavy atom. The van der Waals surface area contributed by atoms with Gasteiger partial charge in [0.1, 0.15) is 12.1 Å². The third-order valence-corrected chi connectivity index (χ3v) is 3.54. The fourth-order valence-corrected chi connectivity index (χ4v) is 2.01. The number of carboxylic acids is 3. The largest absolute Gasteiger partial charge is 0.481 e. The van der Waals surface area contributed by atoms with Crippen LogP contribution in [0.3, 0.4) is 0 Å². The van der Waals surface area contributed by atoms with Crippen molar-refractivity contribution in [3.05, 3.63) is 0 Å². The zero-order valence-electron chi connectivity index (χ0n) is 13.2. The molecule has 0 fully saturated rings. The fourth-order valence-electron chi connectivity index (χ4n) is 1.73. The van der Waals surface area contributed by atoms with Crippen LogP contribution in [0.1, 0.15) is 26.7 Å². The summed E-state index contributed by atoms with van der Waals surface area (Å²) >= 11 is 4.94. The molecule has 0 aliphatic rings. The second kappa shape index (κ2) is 9.95. The highest BCUT2D eigenvalue weighted by Gasteiger charge is 2.26. The molecule has 0 saturated heterocycles. The first-order valence-electron chi connectivity index (χ1n) is 7.01. The first-order chi connectivity index (χ1) is 10.6. The molecule has 0 rings (SSSR count). The van der Waals surface area contributed by atoms with Gasteiger partial charge in [-0.25, -0.2) is 9.59 Å². The quantitative estimate of drug-likeness (QED) is 0.284. The van der Waals surface area contributed by atoms with Crippen molar-refractivity contribution < 1.29 is 29.7 Å². The Morgan fingerprint density at radius 2 is 1.35 bits per heavy atom. The number of carboxylic acid groups (broad SMARTS) is 3. The number of nitrogens with one attached hydrogen (secondary N) is 3. The molecule has 9 nitrogen and oxygen atoms in total. The normalized spacial score (nSPS) is 15.8. The molecule has 10 heteroatoms. The zero-order chi connectivity index (χ0) is 18.2. The minimum absolute atomic E-state index is 0.0892. The first kappa shape index (κ1) is 21.1. The number of aliphatic carboxylic acids is 3. The highest BCUT2D eigenvalue weighted by Crippen LogP contribution is 2.07. The predicted molar refractivity (Wildman–Crippen MR) is 86.3 cm³/mol. The van der Waals surface area contributed by atoms with E-state index in [9.17, 15) is 14.4 Å². The van der Waals surface area contributed by atoms with E-state index in [0.29, 0.717) is 0 Å². The summed E-state index contributed by atoms with van der Waals surface area (Å²) in [6.45, 7) is 3.17. The Morgan fingerprint density at radius 3 is 1.70 bits per heavy atom. The molecule has 4 unspecified atom stereocenters. The van der Waals surface area contributed by atoms with Crippen LogP contribution in [-0.4, -0.2) is 63.5 Å². The molecule has 0 heterocycles. The van der Waals surface area contributed by atoms with Crippen molar-refractivity contribution in [3.8, 4) is 0 Å². The molecule has 0 aliphatic carbocycles. The molecule has 0 spiro atoms. The molecular formula is C13H23N3O6S. The van der Waals surface area contributed by atoms with Gasteiger partial charge in [-0.2, -0.15) is 0 Å². The number of carbonyl (C=O) groups is 3. The smallest absolute Gasteiger partial charge is 0.326 e. The van der Waals surface area contributed by atoms with Crippen LogP contribution < -0.4 is 16.0 Å². The van der Waals surface area contributed by atoms with Gasteiger partial charge in [-0.15, -0.1) is 0 Å². The summed E-state index contributed by atoms with van der Waals surface area (Å²) in [6.07, 6.45) is 0.0497. The van der Waals surface area contributed by atoms with Crippen molar-refractivity contribution in [2.45, 2.75) is 44.8 Å². The minimum atomic E-state index is -1.27. The van der Waals surface area contributed by atoms with Crippen LogP contribution in [0.25, 0.3) is 0 Å². The second-order valence-electron chi connectivity index (χ2n) is 5.30. The molecule has 4 atom stereocenters. The van der Waals surface area contributed by atoms with E-state index in [1.807, 2.05) is 0 Å². The molecule has 0 aromatic carbocycles. The molecular weight excluding hydrogens is 326 g/mol. The zero-order valence-corrected chi connectivity index (χ0v) is 14.0. The van der Waals surface area contributed by atoms with Gasteiger partial charge in [-0.1, -0.05) is 6.92 Å². The van der Waals surface area contributed by atoms with E-state index in [4.69, 9.17) is 27.5 Å². The summed E-state index contributed by atoms with van der Waals surface area (Å²) in [5.74, 6) is -4.39. The van der Waals surface area contributed by atoms with E-state index in [2.05, 4.69) is 16.0 Å². The van der Waals surface area contributed by atoms with Gasteiger partial charge in [0.05, 0.1) is 5.92 Å². The molecule has 23 heavy (non-hydrogen) atoms. The van der Waals surface area contributed by atoms with Gasteiger partial charge in [0, 0.05) is 6.04 Å². The molecule has 132 valence electrons. The van der Waals surface area contributed by atoms with E-state index in [1.54, 1.807) is 14.0 Å². The first-order valence-corrected chi connectivity index (χ1v) is 7.42. The highest BCUT2D eigenvalue weighted by atomic mass is 32.1. The number of thiocarbonyl (C=S) groups is 1. The Labute approximate surface area is 139 Å². The Hall–Kier alpha value is -1.94. The highest BCUT2D eigenvalue weighted by molar-refractivity contribution is 7.80. The van der Waals surface area contributed by atoms with Crippen LogP contribution in [0.4, 0.5) is 0 Å². The van der Waals surface area contributed by atoms with Crippen molar-refractivity contribution in [2.75, 3.05) is 7.05 Å². The number of hydrogen-bond donors (Lipinski definition) is 6. The van der Waals surface area contributed by atoms with E-state index in [0.717, 1.165) is 0 Å². The van der Waals surface area contributed by atoms with Gasteiger partial charge >= 0.3 is 17.9 Å².